The quantitative estimate of drug-likeness (QED) is 0.139. The molecule has 0 aliphatic rings. The first-order valence-corrected chi connectivity index (χ1v) is 14.3. The van der Waals surface area contributed by atoms with Crippen LogP contribution < -0.4 is 15.2 Å². The van der Waals surface area contributed by atoms with Gasteiger partial charge in [-0.3, -0.25) is 4.79 Å². The molecular formula is C30H47NO11. The molecule has 1 aromatic rings. The second-order valence-electron chi connectivity index (χ2n) is 11.0. The molecule has 0 radical (unpaired) electrons. The Labute approximate surface area is 248 Å². The molecule has 0 bridgehead atoms. The molecule has 1 rings (SSSR count). The highest BCUT2D eigenvalue weighted by atomic mass is 16.7. The van der Waals surface area contributed by atoms with Crippen LogP contribution in [0.25, 0.3) is 0 Å². The van der Waals surface area contributed by atoms with E-state index in [1.54, 1.807) is 13.0 Å². The lowest BCUT2D eigenvalue weighted by Crippen LogP contribution is -2.53. The van der Waals surface area contributed by atoms with E-state index < -0.39 is 36.1 Å². The number of hydrogen-bond acceptors (Lipinski definition) is 12. The summed E-state index contributed by atoms with van der Waals surface area (Å²) in [5.74, 6) is -0.632. The molecule has 0 amide bonds. The zero-order valence-electron chi connectivity index (χ0n) is 26.1. The van der Waals surface area contributed by atoms with E-state index in [0.717, 1.165) is 12.8 Å². The SMILES string of the molecule is CCC(C)COC(=O)Oc1ccc(CC(N)(C[C@H](C)OC(=O)OCC(C)C)C(=O)OC)cc1OC(=O)OCC(C)CC. The van der Waals surface area contributed by atoms with E-state index in [-0.39, 0.29) is 61.9 Å². The van der Waals surface area contributed by atoms with Crippen molar-refractivity contribution in [2.45, 2.75) is 85.8 Å². The zero-order chi connectivity index (χ0) is 31.9. The molecule has 238 valence electrons. The third kappa shape index (κ3) is 13.4. The molecule has 0 saturated carbocycles. The Morgan fingerprint density at radius 2 is 1.31 bits per heavy atom. The summed E-state index contributed by atoms with van der Waals surface area (Å²) in [4.78, 5) is 49.5. The van der Waals surface area contributed by atoms with Gasteiger partial charge in [-0.1, -0.05) is 60.5 Å². The highest BCUT2D eigenvalue weighted by Gasteiger charge is 2.38. The van der Waals surface area contributed by atoms with Crippen LogP contribution in [0.1, 0.15) is 73.3 Å². The van der Waals surface area contributed by atoms with Crippen LogP contribution in [0.4, 0.5) is 14.4 Å². The molecule has 1 aromatic carbocycles. The van der Waals surface area contributed by atoms with Gasteiger partial charge in [0.1, 0.15) is 11.6 Å². The van der Waals surface area contributed by atoms with Gasteiger partial charge in [0.25, 0.3) is 0 Å². The number of carbonyl (C=O) groups excluding carboxylic acids is 4. The second-order valence-corrected chi connectivity index (χ2v) is 11.0. The molecule has 0 aliphatic carbocycles. The Kier molecular flexibility index (Phi) is 15.7. The topological polar surface area (TPSA) is 159 Å². The lowest BCUT2D eigenvalue weighted by Gasteiger charge is -2.29. The summed E-state index contributed by atoms with van der Waals surface area (Å²) in [6.07, 6.45) is -2.27. The highest BCUT2D eigenvalue weighted by Crippen LogP contribution is 2.32. The predicted octanol–water partition coefficient (Wildman–Crippen LogP) is 5.81. The first kappa shape index (κ1) is 36.5. The van der Waals surface area contributed by atoms with E-state index in [4.69, 9.17) is 38.9 Å². The van der Waals surface area contributed by atoms with Gasteiger partial charge in [0.2, 0.25) is 0 Å². The average molecular weight is 598 g/mol. The van der Waals surface area contributed by atoms with E-state index in [0.29, 0.717) is 5.56 Å². The smallest absolute Gasteiger partial charge is 0.468 e. The Morgan fingerprint density at radius 1 is 0.786 bits per heavy atom. The summed E-state index contributed by atoms with van der Waals surface area (Å²) in [6.45, 7) is 13.6. The minimum absolute atomic E-state index is 0.0984. The van der Waals surface area contributed by atoms with Gasteiger partial charge in [0, 0.05) is 12.8 Å². The van der Waals surface area contributed by atoms with Gasteiger partial charge < -0.3 is 38.9 Å². The van der Waals surface area contributed by atoms with Crippen LogP contribution in [-0.4, -0.2) is 63.0 Å². The maximum Gasteiger partial charge on any atom is 0.513 e. The van der Waals surface area contributed by atoms with Crippen LogP contribution in [0.3, 0.4) is 0 Å². The number of esters is 1. The summed E-state index contributed by atoms with van der Waals surface area (Å²) >= 11 is 0. The van der Waals surface area contributed by atoms with Gasteiger partial charge in [-0.15, -0.1) is 0 Å². The van der Waals surface area contributed by atoms with Crippen molar-refractivity contribution in [2.24, 2.45) is 23.5 Å². The molecule has 0 aromatic heterocycles. The number of carbonyl (C=O) groups is 4. The lowest BCUT2D eigenvalue weighted by atomic mass is 9.86. The van der Waals surface area contributed by atoms with Gasteiger partial charge in [-0.2, -0.15) is 0 Å². The fraction of sp³-hybridized carbons (Fsp3) is 0.667. The normalized spacial score (nSPS) is 14.5. The third-order valence-corrected chi connectivity index (χ3v) is 6.36. The highest BCUT2D eigenvalue weighted by molar-refractivity contribution is 5.81. The van der Waals surface area contributed by atoms with Gasteiger partial charge in [-0.25, -0.2) is 14.4 Å². The largest absolute Gasteiger partial charge is 0.513 e. The molecule has 4 atom stereocenters. The number of nitrogens with two attached hydrogens (primary N) is 1. The van der Waals surface area contributed by atoms with Crippen LogP contribution in [0.5, 0.6) is 11.5 Å². The van der Waals surface area contributed by atoms with Crippen molar-refractivity contribution in [1.82, 2.24) is 0 Å². The van der Waals surface area contributed by atoms with Gasteiger partial charge in [0.15, 0.2) is 11.5 Å². The molecule has 0 heterocycles. The van der Waals surface area contributed by atoms with E-state index in [2.05, 4.69) is 0 Å². The third-order valence-electron chi connectivity index (χ3n) is 6.36. The first-order chi connectivity index (χ1) is 19.7. The predicted molar refractivity (Wildman–Crippen MR) is 153 cm³/mol. The fourth-order valence-corrected chi connectivity index (χ4v) is 3.50. The summed E-state index contributed by atoms with van der Waals surface area (Å²) < 4.78 is 36.2. The van der Waals surface area contributed by atoms with Gasteiger partial charge in [-0.05, 0) is 42.4 Å². The molecule has 12 nitrogen and oxygen atoms in total. The van der Waals surface area contributed by atoms with E-state index >= 15 is 0 Å². The second kappa shape index (κ2) is 18.1. The molecule has 0 aliphatic heterocycles. The van der Waals surface area contributed by atoms with E-state index in [1.807, 2.05) is 41.5 Å². The van der Waals surface area contributed by atoms with Crippen LogP contribution >= 0.6 is 0 Å². The summed E-state index contributed by atoms with van der Waals surface area (Å²) in [5, 5.41) is 0. The first-order valence-electron chi connectivity index (χ1n) is 14.3. The Morgan fingerprint density at radius 3 is 1.81 bits per heavy atom. The van der Waals surface area contributed by atoms with Crippen molar-refractivity contribution in [1.29, 1.82) is 0 Å². The van der Waals surface area contributed by atoms with Crippen molar-refractivity contribution in [3.8, 4) is 11.5 Å². The minimum Gasteiger partial charge on any atom is -0.468 e. The number of ether oxygens (including phenoxy) is 7. The molecule has 3 unspecified atom stereocenters. The van der Waals surface area contributed by atoms with Crippen LogP contribution in [-0.2, 0) is 34.9 Å². The monoisotopic (exact) mass is 597 g/mol. The average Bonchev–Trinajstić information content (AvgIpc) is 2.93. The number of rotatable bonds is 16. The maximum absolute atomic E-state index is 12.8. The fourth-order valence-electron chi connectivity index (χ4n) is 3.50. The van der Waals surface area contributed by atoms with Crippen molar-refractivity contribution in [2.75, 3.05) is 26.9 Å². The molecule has 0 spiro atoms. The van der Waals surface area contributed by atoms with Gasteiger partial charge >= 0.3 is 24.4 Å². The van der Waals surface area contributed by atoms with E-state index in [1.165, 1.54) is 19.2 Å². The van der Waals surface area contributed by atoms with Crippen molar-refractivity contribution in [3.63, 3.8) is 0 Å². The molecule has 12 heteroatoms. The summed E-state index contributed by atoms with van der Waals surface area (Å²) in [7, 11) is 1.19. The van der Waals surface area contributed by atoms with Crippen molar-refractivity contribution < 1.29 is 52.3 Å². The molecule has 2 N–H and O–H groups in total. The molecule has 0 saturated heterocycles. The van der Waals surface area contributed by atoms with Crippen LogP contribution in [0, 0.1) is 17.8 Å². The Balaban J connectivity index is 3.19. The molecule has 0 fully saturated rings. The van der Waals surface area contributed by atoms with E-state index in [9.17, 15) is 19.2 Å². The number of benzene rings is 1. The summed E-state index contributed by atoms with van der Waals surface area (Å²) in [5.41, 5.74) is 5.28. The number of methoxy groups -OCH3 is 1. The number of hydrogen-bond donors (Lipinski definition) is 1. The minimum atomic E-state index is -1.64. The van der Waals surface area contributed by atoms with Gasteiger partial charge in [0.05, 0.1) is 26.9 Å². The zero-order valence-corrected chi connectivity index (χ0v) is 26.1. The molecule has 42 heavy (non-hydrogen) atoms. The lowest BCUT2D eigenvalue weighted by molar-refractivity contribution is -0.148. The summed E-state index contributed by atoms with van der Waals surface area (Å²) in [6, 6.07) is 4.33. The van der Waals surface area contributed by atoms with Crippen molar-refractivity contribution in [3.05, 3.63) is 23.8 Å². The standard InChI is InChI=1S/C30H47NO11/c1-9-20(5)17-38-28(34)41-24-12-11-23(13-25(24)42-29(35)39-18-21(6)10-2)15-30(31,26(32)36-8)14-22(7)40-27(33)37-16-19(3)4/h11-13,19-22H,9-10,14-18,31H2,1-8H3/t20?,21?,22-,30?/m0/s1. The maximum atomic E-state index is 12.8. The van der Waals surface area contributed by atoms with Crippen LogP contribution in [0.15, 0.2) is 18.2 Å². The Bertz CT molecular complexity index is 1030. The molecular weight excluding hydrogens is 550 g/mol. The van der Waals surface area contributed by atoms with Crippen LogP contribution in [0.2, 0.25) is 0 Å². The van der Waals surface area contributed by atoms with Crippen molar-refractivity contribution >= 4 is 24.4 Å². The Hall–Kier alpha value is -3.54.